The standard InChI is InChI=1S/C23H25ClFN5O2/c1-13-16-5-4-15(24)9-14(16)6-8-30(13)22(31)12-27-20-11-19-17(10-18(20)25)23(32)29-21(28-19)3-2-7-26/h4-5,9-11,13,27H,2-3,6-8,12,26H2,1H3,(H,28,29,32)/t13-/m0/s1. The van der Waals surface area contributed by atoms with Crippen LogP contribution in [-0.2, 0) is 17.6 Å². The molecule has 9 heteroatoms. The van der Waals surface area contributed by atoms with E-state index in [4.69, 9.17) is 17.3 Å². The van der Waals surface area contributed by atoms with Crippen molar-refractivity contribution >= 4 is 34.1 Å². The van der Waals surface area contributed by atoms with Crippen LogP contribution in [0.3, 0.4) is 0 Å². The zero-order valence-corrected chi connectivity index (χ0v) is 18.5. The van der Waals surface area contributed by atoms with Crippen molar-refractivity contribution in [3.05, 3.63) is 68.5 Å². The summed E-state index contributed by atoms with van der Waals surface area (Å²) in [7, 11) is 0. The van der Waals surface area contributed by atoms with Crippen molar-refractivity contribution in [2.75, 3.05) is 25.0 Å². The molecule has 1 aromatic heterocycles. The Morgan fingerprint density at radius 3 is 2.97 bits per heavy atom. The third kappa shape index (κ3) is 4.47. The van der Waals surface area contributed by atoms with Gasteiger partial charge in [0.2, 0.25) is 5.91 Å². The first-order chi connectivity index (χ1) is 15.4. The number of rotatable bonds is 6. The Bertz CT molecular complexity index is 1230. The van der Waals surface area contributed by atoms with E-state index >= 15 is 0 Å². The number of aromatic amines is 1. The van der Waals surface area contributed by atoms with Crippen molar-refractivity contribution in [2.45, 2.75) is 32.2 Å². The highest BCUT2D eigenvalue weighted by Gasteiger charge is 2.27. The fourth-order valence-electron chi connectivity index (χ4n) is 4.15. The Morgan fingerprint density at radius 1 is 1.38 bits per heavy atom. The lowest BCUT2D eigenvalue weighted by Gasteiger charge is -2.35. The van der Waals surface area contributed by atoms with Gasteiger partial charge < -0.3 is 20.9 Å². The Kier molecular flexibility index (Phi) is 6.43. The molecule has 168 valence electrons. The van der Waals surface area contributed by atoms with Gasteiger partial charge >= 0.3 is 0 Å². The second-order valence-electron chi connectivity index (χ2n) is 7.96. The fraction of sp³-hybridized carbons (Fsp3) is 0.348. The number of fused-ring (bicyclic) bond motifs is 2. The molecular weight excluding hydrogens is 433 g/mol. The van der Waals surface area contributed by atoms with Crippen LogP contribution in [0.5, 0.6) is 0 Å². The van der Waals surface area contributed by atoms with Crippen molar-refractivity contribution in [2.24, 2.45) is 5.73 Å². The average Bonchev–Trinajstić information content (AvgIpc) is 2.76. The molecule has 1 aliphatic rings. The van der Waals surface area contributed by atoms with Gasteiger partial charge in [-0.25, -0.2) is 9.37 Å². The van der Waals surface area contributed by atoms with Crippen LogP contribution >= 0.6 is 11.6 Å². The predicted molar refractivity (Wildman–Crippen MR) is 123 cm³/mol. The first-order valence-corrected chi connectivity index (χ1v) is 11.0. The number of amides is 1. The molecular formula is C23H25ClFN5O2. The van der Waals surface area contributed by atoms with Crippen LogP contribution in [0.2, 0.25) is 5.02 Å². The molecule has 0 saturated heterocycles. The summed E-state index contributed by atoms with van der Waals surface area (Å²) in [6.07, 6.45) is 1.92. The van der Waals surface area contributed by atoms with E-state index in [9.17, 15) is 14.0 Å². The maximum Gasteiger partial charge on any atom is 0.258 e. The molecule has 0 radical (unpaired) electrons. The van der Waals surface area contributed by atoms with Gasteiger partial charge in [-0.2, -0.15) is 0 Å². The van der Waals surface area contributed by atoms with Gasteiger partial charge in [-0.3, -0.25) is 9.59 Å². The van der Waals surface area contributed by atoms with Gasteiger partial charge in [-0.1, -0.05) is 17.7 Å². The molecule has 1 atom stereocenters. The second-order valence-corrected chi connectivity index (χ2v) is 8.40. The molecule has 2 heterocycles. The van der Waals surface area contributed by atoms with Crippen LogP contribution in [0, 0.1) is 5.82 Å². The fourth-order valence-corrected chi connectivity index (χ4v) is 4.34. The van der Waals surface area contributed by atoms with Gasteiger partial charge in [-0.05, 0) is 61.7 Å². The number of aryl methyl sites for hydroxylation is 1. The van der Waals surface area contributed by atoms with Crippen LogP contribution in [0.4, 0.5) is 10.1 Å². The van der Waals surface area contributed by atoms with Gasteiger partial charge in [-0.15, -0.1) is 0 Å². The second kappa shape index (κ2) is 9.26. The molecule has 0 spiro atoms. The first-order valence-electron chi connectivity index (χ1n) is 10.6. The number of benzene rings is 2. The van der Waals surface area contributed by atoms with Crippen LogP contribution in [-0.4, -0.2) is 40.4 Å². The number of carbonyl (C=O) groups excluding carboxylic acids is 1. The Hall–Kier alpha value is -2.97. The summed E-state index contributed by atoms with van der Waals surface area (Å²) in [5.74, 6) is -0.249. The molecule has 0 aliphatic carbocycles. The van der Waals surface area contributed by atoms with E-state index in [0.717, 1.165) is 17.2 Å². The lowest BCUT2D eigenvalue weighted by atomic mass is 9.93. The van der Waals surface area contributed by atoms with Crippen molar-refractivity contribution in [3.63, 3.8) is 0 Å². The Labute approximate surface area is 189 Å². The number of nitrogens with two attached hydrogens (primary N) is 1. The van der Waals surface area contributed by atoms with Gasteiger partial charge in [0.15, 0.2) is 0 Å². The van der Waals surface area contributed by atoms with Gasteiger partial charge in [0.1, 0.15) is 11.6 Å². The number of hydrogen-bond acceptors (Lipinski definition) is 5. The molecule has 0 saturated carbocycles. The third-order valence-corrected chi connectivity index (χ3v) is 6.09. The molecule has 2 aromatic carbocycles. The molecule has 32 heavy (non-hydrogen) atoms. The summed E-state index contributed by atoms with van der Waals surface area (Å²) in [4.78, 5) is 34.0. The summed E-state index contributed by atoms with van der Waals surface area (Å²) < 4.78 is 14.6. The molecule has 0 bridgehead atoms. The van der Waals surface area contributed by atoms with E-state index in [-0.39, 0.29) is 29.6 Å². The highest BCUT2D eigenvalue weighted by atomic mass is 35.5. The van der Waals surface area contributed by atoms with E-state index in [1.807, 2.05) is 25.1 Å². The van der Waals surface area contributed by atoms with Crippen molar-refractivity contribution in [1.82, 2.24) is 14.9 Å². The predicted octanol–water partition coefficient (Wildman–Crippen LogP) is 3.16. The summed E-state index contributed by atoms with van der Waals surface area (Å²) >= 11 is 6.08. The third-order valence-electron chi connectivity index (χ3n) is 5.86. The molecule has 1 amide bonds. The van der Waals surface area contributed by atoms with Crippen molar-refractivity contribution in [3.8, 4) is 0 Å². The van der Waals surface area contributed by atoms with E-state index < -0.39 is 11.4 Å². The molecule has 0 unspecified atom stereocenters. The van der Waals surface area contributed by atoms with Crippen LogP contribution < -0.4 is 16.6 Å². The number of aromatic nitrogens is 2. The minimum atomic E-state index is -0.612. The number of halogens is 2. The van der Waals surface area contributed by atoms with Gasteiger partial charge in [0, 0.05) is 18.0 Å². The summed E-state index contributed by atoms with van der Waals surface area (Å²) in [5, 5.41) is 3.72. The summed E-state index contributed by atoms with van der Waals surface area (Å²) in [5.41, 5.74) is 7.83. The molecule has 4 rings (SSSR count). The van der Waals surface area contributed by atoms with E-state index in [0.29, 0.717) is 48.7 Å². The molecule has 1 aliphatic heterocycles. The Morgan fingerprint density at radius 2 is 2.19 bits per heavy atom. The first kappa shape index (κ1) is 22.2. The molecule has 0 fully saturated rings. The lowest BCUT2D eigenvalue weighted by molar-refractivity contribution is -0.131. The highest BCUT2D eigenvalue weighted by molar-refractivity contribution is 6.30. The zero-order valence-electron chi connectivity index (χ0n) is 17.8. The molecule has 7 nitrogen and oxygen atoms in total. The quantitative estimate of drug-likeness (QED) is 0.527. The number of nitrogens with one attached hydrogen (secondary N) is 2. The van der Waals surface area contributed by atoms with Crippen molar-refractivity contribution in [1.29, 1.82) is 0 Å². The smallest absolute Gasteiger partial charge is 0.258 e. The number of carbonyl (C=O) groups is 1. The normalized spacial score (nSPS) is 15.6. The minimum absolute atomic E-state index is 0.0705. The maximum absolute atomic E-state index is 14.6. The zero-order chi connectivity index (χ0) is 22.8. The monoisotopic (exact) mass is 457 g/mol. The van der Waals surface area contributed by atoms with Crippen LogP contribution in [0.1, 0.15) is 36.3 Å². The lowest BCUT2D eigenvalue weighted by Crippen LogP contribution is -2.41. The SMILES string of the molecule is C[C@H]1c2ccc(Cl)cc2CCN1C(=O)CNc1cc2nc(CCCN)[nH]c(=O)c2cc1F. The van der Waals surface area contributed by atoms with E-state index in [1.165, 1.54) is 6.07 Å². The number of H-pyrrole nitrogens is 1. The maximum atomic E-state index is 14.6. The number of hydrogen-bond donors (Lipinski definition) is 3. The largest absolute Gasteiger partial charge is 0.374 e. The van der Waals surface area contributed by atoms with E-state index in [2.05, 4.69) is 15.3 Å². The molecule has 3 aromatic rings. The Balaban J connectivity index is 1.51. The minimum Gasteiger partial charge on any atom is -0.374 e. The average molecular weight is 458 g/mol. The number of nitrogens with zero attached hydrogens (tertiary/aromatic N) is 2. The van der Waals surface area contributed by atoms with Crippen LogP contribution in [0.25, 0.3) is 10.9 Å². The molecule has 4 N–H and O–H groups in total. The van der Waals surface area contributed by atoms with E-state index in [1.54, 1.807) is 4.90 Å². The van der Waals surface area contributed by atoms with Gasteiger partial charge in [0.05, 0.1) is 29.2 Å². The summed E-state index contributed by atoms with van der Waals surface area (Å²) in [6, 6.07) is 8.22. The van der Waals surface area contributed by atoms with Crippen LogP contribution in [0.15, 0.2) is 35.1 Å². The van der Waals surface area contributed by atoms with Crippen molar-refractivity contribution < 1.29 is 9.18 Å². The highest BCUT2D eigenvalue weighted by Crippen LogP contribution is 2.31. The topological polar surface area (TPSA) is 104 Å². The summed E-state index contributed by atoms with van der Waals surface area (Å²) in [6.45, 7) is 2.95. The number of anilines is 1. The van der Waals surface area contributed by atoms with Gasteiger partial charge in [0.25, 0.3) is 5.56 Å².